The summed E-state index contributed by atoms with van der Waals surface area (Å²) in [6.45, 7) is 0. The van der Waals surface area contributed by atoms with Gasteiger partial charge in [-0.15, -0.1) is 0 Å². The molecule has 0 spiro atoms. The van der Waals surface area contributed by atoms with Gasteiger partial charge in [0.05, 0.1) is 21.2 Å². The minimum atomic E-state index is -1.11. The van der Waals surface area contributed by atoms with E-state index in [0.717, 1.165) is 21.0 Å². The Morgan fingerprint density at radius 3 is 2.44 bits per heavy atom. The Labute approximate surface area is 164 Å². The third-order valence-electron chi connectivity index (χ3n) is 3.67. The average Bonchev–Trinajstić information content (AvgIpc) is 3.06. The standard InChI is InChI=1S/C12H7FN2OS.C6H10.CH5NOS/c13-8-2-3-9-7(5-8)1-4-10-11(9)17-12(15-10)14-6-16;1-2-4-6-5-3-1;1-4(2)3/h1-6H,(H,14,15,16);1-2H,3-6H2;2H2,1H3. The van der Waals surface area contributed by atoms with E-state index in [9.17, 15) is 13.4 Å². The summed E-state index contributed by atoms with van der Waals surface area (Å²) in [5, 5.41) is 9.43. The molecule has 1 heterocycles. The molecule has 0 aliphatic heterocycles. The third kappa shape index (κ3) is 6.82. The number of halogens is 1. The van der Waals surface area contributed by atoms with Crippen LogP contribution in [-0.2, 0) is 15.8 Å². The summed E-state index contributed by atoms with van der Waals surface area (Å²) in [4.78, 5) is 14.6. The summed E-state index contributed by atoms with van der Waals surface area (Å²) in [6, 6.07) is 8.29. The molecule has 0 fully saturated rings. The fraction of sp³-hybridized carbons (Fsp3) is 0.263. The molecule has 1 aliphatic carbocycles. The van der Waals surface area contributed by atoms with Crippen LogP contribution in [-0.4, -0.2) is 21.9 Å². The zero-order valence-corrected chi connectivity index (χ0v) is 16.6. The van der Waals surface area contributed by atoms with Crippen LogP contribution >= 0.6 is 11.3 Å². The summed E-state index contributed by atoms with van der Waals surface area (Å²) < 4.78 is 23.4. The zero-order valence-electron chi connectivity index (χ0n) is 15.0. The van der Waals surface area contributed by atoms with Gasteiger partial charge in [-0.3, -0.25) is 9.93 Å². The summed E-state index contributed by atoms with van der Waals surface area (Å²) in [7, 11) is -1.11. The maximum atomic E-state index is 13.1. The molecule has 1 aromatic heterocycles. The van der Waals surface area contributed by atoms with Crippen LogP contribution in [0, 0.1) is 5.82 Å². The lowest BCUT2D eigenvalue weighted by molar-refractivity contribution is -0.105. The number of benzene rings is 2. The number of rotatable bonds is 2. The maximum absolute atomic E-state index is 13.1. The van der Waals surface area contributed by atoms with Crippen LogP contribution in [0.3, 0.4) is 0 Å². The SMILES string of the molecule is C1=CCCCC1.CS(N)=O.O=CNc1nc2ccc3cc(F)ccc3c2s1. The van der Waals surface area contributed by atoms with Crippen molar-refractivity contribution in [1.82, 2.24) is 4.98 Å². The van der Waals surface area contributed by atoms with Crippen LogP contribution in [0.2, 0.25) is 0 Å². The van der Waals surface area contributed by atoms with E-state index in [1.807, 2.05) is 12.1 Å². The number of thiazole rings is 1. The van der Waals surface area contributed by atoms with E-state index >= 15 is 0 Å². The van der Waals surface area contributed by atoms with Gasteiger partial charge in [-0.2, -0.15) is 0 Å². The maximum Gasteiger partial charge on any atom is 0.213 e. The second-order valence-electron chi connectivity index (χ2n) is 5.81. The minimum absolute atomic E-state index is 0.257. The number of allylic oxidation sites excluding steroid dienone is 2. The van der Waals surface area contributed by atoms with Crippen molar-refractivity contribution in [3.05, 3.63) is 48.3 Å². The molecule has 27 heavy (non-hydrogen) atoms. The number of nitrogens with two attached hydrogens (primary N) is 1. The summed E-state index contributed by atoms with van der Waals surface area (Å²) in [6.07, 6.45) is 12.0. The second kappa shape index (κ2) is 10.9. The first-order chi connectivity index (χ1) is 13.0. The smallest absolute Gasteiger partial charge is 0.213 e. The molecule has 1 unspecified atom stereocenters. The highest BCUT2D eigenvalue weighted by atomic mass is 32.2. The minimum Gasteiger partial charge on any atom is -0.305 e. The van der Waals surface area contributed by atoms with Crippen molar-refractivity contribution in [3.8, 4) is 0 Å². The Kier molecular flexibility index (Phi) is 8.50. The van der Waals surface area contributed by atoms with Gasteiger partial charge < -0.3 is 5.32 Å². The number of amides is 1. The zero-order chi connectivity index (χ0) is 19.6. The van der Waals surface area contributed by atoms with E-state index in [4.69, 9.17) is 0 Å². The first kappa shape index (κ1) is 21.1. The molecular weight excluding hydrogens is 385 g/mol. The van der Waals surface area contributed by atoms with Gasteiger partial charge in [0.15, 0.2) is 5.13 Å². The molecule has 0 radical (unpaired) electrons. The normalized spacial score (nSPS) is 13.9. The molecular formula is C19H22FN3O2S2. The molecule has 1 aliphatic rings. The highest BCUT2D eigenvalue weighted by Crippen LogP contribution is 2.32. The molecule has 0 bridgehead atoms. The highest BCUT2D eigenvalue weighted by molar-refractivity contribution is 7.81. The Hall–Kier alpha value is -2.16. The predicted molar refractivity (Wildman–Crippen MR) is 113 cm³/mol. The second-order valence-corrected chi connectivity index (χ2v) is 7.81. The lowest BCUT2D eigenvalue weighted by Gasteiger charge is -1.97. The predicted octanol–water partition coefficient (Wildman–Crippen LogP) is 4.51. The number of aromatic nitrogens is 1. The van der Waals surface area contributed by atoms with E-state index in [-0.39, 0.29) is 5.82 Å². The Bertz CT molecular complexity index is 945. The monoisotopic (exact) mass is 407 g/mol. The van der Waals surface area contributed by atoms with Crippen molar-refractivity contribution in [1.29, 1.82) is 0 Å². The molecule has 1 amide bonds. The summed E-state index contributed by atoms with van der Waals surface area (Å²) in [5.41, 5.74) is 0.804. The molecule has 1 atom stereocenters. The van der Waals surface area contributed by atoms with Crippen LogP contribution in [0.15, 0.2) is 42.5 Å². The summed E-state index contributed by atoms with van der Waals surface area (Å²) in [5.74, 6) is -0.257. The van der Waals surface area contributed by atoms with Crippen molar-refractivity contribution in [2.24, 2.45) is 5.14 Å². The molecule has 2 aromatic carbocycles. The average molecular weight is 408 g/mol. The van der Waals surface area contributed by atoms with E-state index in [1.165, 1.54) is 55.4 Å². The van der Waals surface area contributed by atoms with Crippen molar-refractivity contribution < 1.29 is 13.4 Å². The van der Waals surface area contributed by atoms with Gasteiger partial charge in [0.2, 0.25) is 6.41 Å². The van der Waals surface area contributed by atoms with Gasteiger partial charge in [-0.05, 0) is 55.3 Å². The molecule has 0 saturated carbocycles. The molecule has 3 aromatic rings. The molecule has 144 valence electrons. The number of fused-ring (bicyclic) bond motifs is 3. The third-order valence-corrected chi connectivity index (χ3v) is 4.71. The fourth-order valence-corrected chi connectivity index (χ4v) is 3.52. The van der Waals surface area contributed by atoms with Crippen molar-refractivity contribution >= 4 is 54.9 Å². The Morgan fingerprint density at radius 2 is 1.89 bits per heavy atom. The van der Waals surface area contributed by atoms with Gasteiger partial charge in [0.25, 0.3) is 0 Å². The highest BCUT2D eigenvalue weighted by Gasteiger charge is 2.07. The van der Waals surface area contributed by atoms with Crippen molar-refractivity contribution in [2.45, 2.75) is 25.7 Å². The van der Waals surface area contributed by atoms with Gasteiger partial charge in [0, 0.05) is 11.6 Å². The van der Waals surface area contributed by atoms with E-state index in [1.54, 1.807) is 6.07 Å². The topological polar surface area (TPSA) is 85.1 Å². The number of hydrogen-bond acceptors (Lipinski definition) is 4. The van der Waals surface area contributed by atoms with E-state index in [0.29, 0.717) is 11.5 Å². The largest absolute Gasteiger partial charge is 0.305 e. The quantitative estimate of drug-likeness (QED) is 0.484. The molecule has 5 nitrogen and oxygen atoms in total. The summed E-state index contributed by atoms with van der Waals surface area (Å²) >= 11 is 1.38. The Morgan fingerprint density at radius 1 is 1.22 bits per heavy atom. The van der Waals surface area contributed by atoms with Crippen LogP contribution in [0.5, 0.6) is 0 Å². The van der Waals surface area contributed by atoms with Crippen LogP contribution in [0.4, 0.5) is 9.52 Å². The lowest BCUT2D eigenvalue weighted by atomic mass is 10.1. The van der Waals surface area contributed by atoms with Crippen molar-refractivity contribution in [3.63, 3.8) is 0 Å². The molecule has 4 rings (SSSR count). The van der Waals surface area contributed by atoms with Crippen LogP contribution in [0.1, 0.15) is 25.7 Å². The number of nitrogens with zero attached hydrogens (tertiary/aromatic N) is 1. The van der Waals surface area contributed by atoms with Gasteiger partial charge in [-0.25, -0.2) is 13.6 Å². The van der Waals surface area contributed by atoms with Gasteiger partial charge >= 0.3 is 0 Å². The lowest BCUT2D eigenvalue weighted by Crippen LogP contribution is -1.95. The van der Waals surface area contributed by atoms with Gasteiger partial charge in [0.1, 0.15) is 5.82 Å². The molecule has 3 N–H and O–H groups in total. The van der Waals surface area contributed by atoms with E-state index in [2.05, 4.69) is 27.6 Å². The number of carbonyl (C=O) groups excluding carboxylic acids is 1. The number of carbonyl (C=O) groups is 1. The molecule has 0 saturated heterocycles. The Balaban J connectivity index is 0.000000216. The van der Waals surface area contributed by atoms with Gasteiger partial charge in [-0.1, -0.05) is 29.6 Å². The number of hydrogen-bond donors (Lipinski definition) is 2. The molecule has 8 heteroatoms. The number of anilines is 1. The fourth-order valence-electron chi connectivity index (χ4n) is 2.56. The van der Waals surface area contributed by atoms with E-state index < -0.39 is 11.0 Å². The first-order valence-electron chi connectivity index (χ1n) is 8.43. The van der Waals surface area contributed by atoms with Crippen LogP contribution < -0.4 is 10.5 Å². The first-order valence-corrected chi connectivity index (χ1v) is 10.9. The number of nitrogens with one attached hydrogen (secondary N) is 1. The van der Waals surface area contributed by atoms with Crippen molar-refractivity contribution in [2.75, 3.05) is 11.6 Å². The van der Waals surface area contributed by atoms with Crippen LogP contribution in [0.25, 0.3) is 21.0 Å².